The second kappa shape index (κ2) is 10.6. The Morgan fingerprint density at radius 1 is 0.919 bits per heavy atom. The molecular weight excluding hydrogens is 487 g/mol. The van der Waals surface area contributed by atoms with E-state index in [0.29, 0.717) is 18.8 Å². The first-order valence-corrected chi connectivity index (χ1v) is 11.9. The van der Waals surface area contributed by atoms with Crippen molar-refractivity contribution in [2.75, 3.05) is 37.6 Å². The zero-order chi connectivity index (χ0) is 25.8. The second-order valence-electron chi connectivity index (χ2n) is 9.06. The summed E-state index contributed by atoms with van der Waals surface area (Å²) >= 11 is 0. The van der Waals surface area contributed by atoms with Gasteiger partial charge >= 0.3 is 0 Å². The molecule has 10 nitrogen and oxygen atoms in total. The van der Waals surface area contributed by atoms with E-state index in [-0.39, 0.29) is 24.5 Å². The number of hydrogen-bond acceptors (Lipinski definition) is 8. The predicted octanol–water partition coefficient (Wildman–Crippen LogP) is 1.63. The first kappa shape index (κ1) is 24.8. The van der Waals surface area contributed by atoms with E-state index in [9.17, 15) is 18.3 Å². The highest BCUT2D eigenvalue weighted by atomic mass is 19.1. The van der Waals surface area contributed by atoms with Gasteiger partial charge in [-0.15, -0.1) is 5.10 Å². The summed E-state index contributed by atoms with van der Waals surface area (Å²) in [7, 11) is 0. The third-order valence-electron chi connectivity index (χ3n) is 6.56. The Balaban J connectivity index is 1.25. The van der Waals surface area contributed by atoms with Crippen LogP contribution in [0.15, 0.2) is 55.1 Å². The highest BCUT2D eigenvalue weighted by molar-refractivity contribution is 5.46. The Hall–Kier alpha value is -3.84. The van der Waals surface area contributed by atoms with E-state index >= 15 is 0 Å². The van der Waals surface area contributed by atoms with Crippen molar-refractivity contribution in [1.82, 2.24) is 39.9 Å². The van der Waals surface area contributed by atoms with E-state index in [1.807, 2.05) is 0 Å². The van der Waals surface area contributed by atoms with Crippen LogP contribution in [0.2, 0.25) is 0 Å². The molecule has 0 saturated carbocycles. The highest BCUT2D eigenvalue weighted by Crippen LogP contribution is 2.28. The van der Waals surface area contributed by atoms with Crippen molar-refractivity contribution < 1.29 is 18.3 Å². The summed E-state index contributed by atoms with van der Waals surface area (Å²) in [6.45, 7) is 3.61. The van der Waals surface area contributed by atoms with Crippen LogP contribution in [-0.4, -0.2) is 77.7 Å². The molecule has 1 aliphatic heterocycles. The third kappa shape index (κ3) is 5.78. The Bertz CT molecular complexity index is 1310. The molecule has 1 atom stereocenters. The van der Waals surface area contributed by atoms with Gasteiger partial charge in [0.1, 0.15) is 35.7 Å². The molecule has 4 aromatic rings. The van der Waals surface area contributed by atoms with Crippen LogP contribution in [-0.2, 0) is 25.1 Å². The Labute approximate surface area is 211 Å². The molecule has 2 aromatic heterocycles. The monoisotopic (exact) mass is 513 g/mol. The lowest BCUT2D eigenvalue weighted by Gasteiger charge is -2.36. The van der Waals surface area contributed by atoms with Crippen LogP contribution in [0, 0.1) is 17.5 Å². The number of benzene rings is 2. The standard InChI is InChI=1S/C24H26F3N9O/c25-18-1-4-20(5-2-18)34-11-9-33(10-12-34)8-7-23-30-31-32-36(23)15-24(37,14-35-17-28-16-29-35)21-6-3-19(26)13-22(21)27/h1-6,13,16-17,37H,7-12,14-15H2. The van der Waals surface area contributed by atoms with Crippen LogP contribution in [0.3, 0.4) is 0 Å². The molecule has 0 spiro atoms. The topological polar surface area (TPSA) is 101 Å². The average Bonchev–Trinajstić information content (AvgIpc) is 3.55. The largest absolute Gasteiger partial charge is 0.381 e. The van der Waals surface area contributed by atoms with Gasteiger partial charge in [0.05, 0.1) is 13.1 Å². The van der Waals surface area contributed by atoms with Gasteiger partial charge in [-0.2, -0.15) is 5.10 Å². The summed E-state index contributed by atoms with van der Waals surface area (Å²) in [5, 5.41) is 27.5. The van der Waals surface area contributed by atoms with Gasteiger partial charge in [-0.1, -0.05) is 6.07 Å². The summed E-state index contributed by atoms with van der Waals surface area (Å²) < 4.78 is 44.3. The zero-order valence-corrected chi connectivity index (χ0v) is 20.0. The van der Waals surface area contributed by atoms with Crippen LogP contribution in [0.4, 0.5) is 18.9 Å². The molecule has 1 N–H and O–H groups in total. The van der Waals surface area contributed by atoms with Crippen molar-refractivity contribution in [3.05, 3.63) is 84.0 Å². The molecule has 1 saturated heterocycles. The van der Waals surface area contributed by atoms with Gasteiger partial charge in [0, 0.05) is 56.5 Å². The van der Waals surface area contributed by atoms with E-state index in [2.05, 4.69) is 35.4 Å². The van der Waals surface area contributed by atoms with Gasteiger partial charge < -0.3 is 10.0 Å². The van der Waals surface area contributed by atoms with E-state index in [0.717, 1.165) is 44.0 Å². The zero-order valence-electron chi connectivity index (χ0n) is 20.0. The molecule has 0 aliphatic carbocycles. The Kier molecular flexibility index (Phi) is 7.15. The van der Waals surface area contributed by atoms with Crippen molar-refractivity contribution in [3.63, 3.8) is 0 Å². The lowest BCUT2D eigenvalue weighted by molar-refractivity contribution is -0.00975. The minimum Gasteiger partial charge on any atom is -0.381 e. The van der Waals surface area contributed by atoms with Crippen molar-refractivity contribution in [1.29, 1.82) is 0 Å². The average molecular weight is 514 g/mol. The van der Waals surface area contributed by atoms with Crippen molar-refractivity contribution in [2.24, 2.45) is 0 Å². The minimum atomic E-state index is -1.82. The van der Waals surface area contributed by atoms with Crippen LogP contribution in [0.5, 0.6) is 0 Å². The molecule has 2 aromatic carbocycles. The first-order valence-electron chi connectivity index (χ1n) is 11.9. The van der Waals surface area contributed by atoms with Gasteiger partial charge in [0.2, 0.25) is 0 Å². The molecular formula is C24H26F3N9O. The normalized spacial score (nSPS) is 16.2. The van der Waals surface area contributed by atoms with Gasteiger partial charge in [-0.05, 0) is 40.8 Å². The molecule has 0 bridgehead atoms. The van der Waals surface area contributed by atoms with Gasteiger partial charge in [-0.3, -0.25) is 4.90 Å². The number of tetrazole rings is 1. The number of hydrogen-bond donors (Lipinski definition) is 1. The van der Waals surface area contributed by atoms with Crippen LogP contribution in [0.1, 0.15) is 11.4 Å². The first-order chi connectivity index (χ1) is 17.9. The smallest absolute Gasteiger partial charge is 0.152 e. The van der Waals surface area contributed by atoms with E-state index < -0.39 is 17.2 Å². The molecule has 194 valence electrons. The number of halogens is 3. The van der Waals surface area contributed by atoms with Gasteiger partial charge in [0.25, 0.3) is 0 Å². The van der Waals surface area contributed by atoms with Crippen molar-refractivity contribution in [3.8, 4) is 0 Å². The number of aromatic nitrogens is 7. The predicted molar refractivity (Wildman–Crippen MR) is 127 cm³/mol. The molecule has 37 heavy (non-hydrogen) atoms. The molecule has 1 aliphatic rings. The molecule has 0 amide bonds. The van der Waals surface area contributed by atoms with E-state index in [1.165, 1.54) is 40.2 Å². The van der Waals surface area contributed by atoms with Gasteiger partial charge in [0.15, 0.2) is 5.82 Å². The minimum absolute atomic E-state index is 0.0947. The van der Waals surface area contributed by atoms with Crippen molar-refractivity contribution >= 4 is 5.69 Å². The van der Waals surface area contributed by atoms with Gasteiger partial charge in [-0.25, -0.2) is 27.5 Å². The summed E-state index contributed by atoms with van der Waals surface area (Å²) in [5.74, 6) is -1.35. The number of piperazine rings is 1. The Morgan fingerprint density at radius 2 is 1.68 bits per heavy atom. The number of nitrogens with zero attached hydrogens (tertiary/aromatic N) is 9. The summed E-state index contributed by atoms with van der Waals surface area (Å²) in [4.78, 5) is 8.36. The van der Waals surface area contributed by atoms with Crippen LogP contribution in [0.25, 0.3) is 0 Å². The third-order valence-corrected chi connectivity index (χ3v) is 6.56. The quantitative estimate of drug-likeness (QED) is 0.361. The fourth-order valence-electron chi connectivity index (χ4n) is 4.58. The maximum atomic E-state index is 14.7. The fraction of sp³-hybridized carbons (Fsp3) is 0.375. The molecule has 5 rings (SSSR count). The van der Waals surface area contributed by atoms with Crippen molar-refractivity contribution in [2.45, 2.75) is 25.1 Å². The molecule has 1 unspecified atom stereocenters. The number of rotatable bonds is 9. The molecule has 3 heterocycles. The van der Waals surface area contributed by atoms with E-state index in [1.54, 1.807) is 12.1 Å². The lowest BCUT2D eigenvalue weighted by Crippen LogP contribution is -2.47. The summed E-state index contributed by atoms with van der Waals surface area (Å²) in [6.07, 6.45) is 3.22. The molecule has 0 radical (unpaired) electrons. The fourth-order valence-corrected chi connectivity index (χ4v) is 4.58. The summed E-state index contributed by atoms with van der Waals surface area (Å²) in [6, 6.07) is 9.52. The molecule has 1 fully saturated rings. The van der Waals surface area contributed by atoms with Crippen LogP contribution < -0.4 is 4.90 Å². The highest BCUT2D eigenvalue weighted by Gasteiger charge is 2.35. The van der Waals surface area contributed by atoms with E-state index in [4.69, 9.17) is 0 Å². The maximum Gasteiger partial charge on any atom is 0.152 e. The second-order valence-corrected chi connectivity index (χ2v) is 9.06. The molecule has 13 heteroatoms. The SMILES string of the molecule is OC(Cn1cncn1)(Cn1nnnc1CCN1CCN(c2ccc(F)cc2)CC1)c1ccc(F)cc1F. The lowest BCUT2D eigenvalue weighted by atomic mass is 9.92. The number of anilines is 1. The number of aliphatic hydroxyl groups is 1. The maximum absolute atomic E-state index is 14.7. The summed E-state index contributed by atoms with van der Waals surface area (Å²) in [5.41, 5.74) is -0.927. The van der Waals surface area contributed by atoms with Crippen LogP contribution >= 0.6 is 0 Å². The Morgan fingerprint density at radius 3 is 2.38 bits per heavy atom.